The van der Waals surface area contributed by atoms with Gasteiger partial charge in [0, 0.05) is 38.1 Å². The van der Waals surface area contributed by atoms with E-state index in [0.717, 1.165) is 37.7 Å². The monoisotopic (exact) mass is 536 g/mol. The van der Waals surface area contributed by atoms with Crippen LogP contribution in [0, 0.1) is 17.7 Å². The highest BCUT2D eigenvalue weighted by atomic mass is 19.1. The van der Waals surface area contributed by atoms with Gasteiger partial charge in [0.2, 0.25) is 0 Å². The molecule has 0 saturated carbocycles. The molecular weight excluding hydrogens is 491 g/mol. The van der Waals surface area contributed by atoms with E-state index in [0.29, 0.717) is 32.2 Å². The van der Waals surface area contributed by atoms with Crippen LogP contribution in [0.15, 0.2) is 24.3 Å². The van der Waals surface area contributed by atoms with E-state index in [-0.39, 0.29) is 42.6 Å². The van der Waals surface area contributed by atoms with Crippen LogP contribution in [0.5, 0.6) is 0 Å². The Balaban J connectivity index is 1.61. The minimum Gasteiger partial charge on any atom is -0.453 e. The Bertz CT molecular complexity index is 892. The van der Waals surface area contributed by atoms with Crippen molar-refractivity contribution in [3.05, 3.63) is 35.6 Å². The maximum absolute atomic E-state index is 14.1. The highest BCUT2D eigenvalue weighted by molar-refractivity contribution is 5.74. The largest absolute Gasteiger partial charge is 0.453 e. The van der Waals surface area contributed by atoms with Crippen molar-refractivity contribution in [2.45, 2.75) is 63.7 Å². The molecule has 0 aromatic heterocycles. The highest BCUT2D eigenvalue weighted by Gasteiger charge is 2.33. The molecule has 0 spiro atoms. The van der Waals surface area contributed by atoms with Gasteiger partial charge >= 0.3 is 12.1 Å². The number of ether oxygens (including phenoxy) is 3. The first kappa shape index (κ1) is 30.1. The van der Waals surface area contributed by atoms with Crippen LogP contribution in [0.4, 0.5) is 14.0 Å². The van der Waals surface area contributed by atoms with E-state index in [2.05, 4.69) is 34.5 Å². The normalized spacial score (nSPS) is 22.8. The maximum atomic E-state index is 14.1. The lowest BCUT2D eigenvalue weighted by molar-refractivity contribution is -0.0792. The number of methoxy groups -OCH3 is 1. The zero-order valence-corrected chi connectivity index (χ0v) is 23.3. The molecule has 2 saturated heterocycles. The number of likely N-dealkylation sites (tertiary alicyclic amines) is 1. The number of nitrogens with one attached hydrogen (secondary N) is 3. The summed E-state index contributed by atoms with van der Waals surface area (Å²) < 4.78 is 30.9. The van der Waals surface area contributed by atoms with Gasteiger partial charge in [-0.15, -0.1) is 0 Å². The van der Waals surface area contributed by atoms with Crippen LogP contribution in [0.2, 0.25) is 0 Å². The summed E-state index contributed by atoms with van der Waals surface area (Å²) in [6.07, 6.45) is 3.71. The molecule has 4 atom stereocenters. The van der Waals surface area contributed by atoms with Crippen LogP contribution in [0.25, 0.3) is 0 Å². The Hall–Kier alpha value is -2.43. The van der Waals surface area contributed by atoms with E-state index in [1.807, 2.05) is 18.0 Å². The molecule has 2 fully saturated rings. The predicted octanol–water partition coefficient (Wildman–Crippen LogP) is 3.84. The molecule has 38 heavy (non-hydrogen) atoms. The quantitative estimate of drug-likeness (QED) is 0.372. The topological polar surface area (TPSA) is 101 Å². The zero-order valence-electron chi connectivity index (χ0n) is 23.3. The van der Waals surface area contributed by atoms with Crippen molar-refractivity contribution in [2.24, 2.45) is 11.8 Å². The molecule has 0 aliphatic carbocycles. The Morgan fingerprint density at radius 3 is 2.79 bits per heavy atom. The van der Waals surface area contributed by atoms with Crippen molar-refractivity contribution < 1.29 is 28.2 Å². The molecule has 2 aliphatic heterocycles. The number of rotatable bonds is 11. The van der Waals surface area contributed by atoms with Crippen molar-refractivity contribution in [2.75, 3.05) is 53.6 Å². The number of carbonyl (C=O) groups excluding carboxylic acids is 2. The molecule has 2 aliphatic rings. The average Bonchev–Trinajstić information content (AvgIpc) is 2.90. The average molecular weight is 537 g/mol. The Kier molecular flexibility index (Phi) is 11.6. The van der Waals surface area contributed by atoms with Crippen molar-refractivity contribution in [3.63, 3.8) is 0 Å². The minimum absolute atomic E-state index is 0.00218. The van der Waals surface area contributed by atoms with Crippen molar-refractivity contribution >= 4 is 12.1 Å². The van der Waals surface area contributed by atoms with E-state index >= 15 is 0 Å². The summed E-state index contributed by atoms with van der Waals surface area (Å²) in [5.74, 6) is 0.0745. The number of benzene rings is 1. The smallest absolute Gasteiger partial charge is 0.406 e. The van der Waals surface area contributed by atoms with Crippen LogP contribution in [-0.2, 0) is 14.2 Å². The van der Waals surface area contributed by atoms with Crippen LogP contribution in [-0.4, -0.2) is 82.2 Å². The molecule has 2 heterocycles. The number of nitrogens with zero attached hydrogens (tertiary/aromatic N) is 1. The first-order valence-electron chi connectivity index (χ1n) is 13.7. The SMILES string of the molecule is CNC[C@H](CC1CCC(C)(C)OC1)NC(=O)N1CCC[C@@H]([C@@H](OCCNC(=O)OC)c2cccc(F)c2)C1. The molecule has 1 aromatic carbocycles. The molecule has 9 nitrogen and oxygen atoms in total. The summed E-state index contributed by atoms with van der Waals surface area (Å²) >= 11 is 0. The van der Waals surface area contributed by atoms with Gasteiger partial charge in [-0.25, -0.2) is 14.0 Å². The van der Waals surface area contributed by atoms with Crippen molar-refractivity contribution in [1.82, 2.24) is 20.9 Å². The van der Waals surface area contributed by atoms with Gasteiger partial charge in [-0.2, -0.15) is 0 Å². The molecule has 214 valence electrons. The summed E-state index contributed by atoms with van der Waals surface area (Å²) in [7, 11) is 3.20. The highest BCUT2D eigenvalue weighted by Crippen LogP contribution is 2.33. The van der Waals surface area contributed by atoms with E-state index < -0.39 is 12.2 Å². The first-order valence-corrected chi connectivity index (χ1v) is 13.7. The van der Waals surface area contributed by atoms with Gasteiger partial charge in [-0.05, 0) is 76.6 Å². The summed E-state index contributed by atoms with van der Waals surface area (Å²) in [6, 6.07) is 6.31. The van der Waals surface area contributed by atoms with Gasteiger partial charge < -0.3 is 35.1 Å². The summed E-state index contributed by atoms with van der Waals surface area (Å²) in [6.45, 7) is 7.32. The maximum Gasteiger partial charge on any atom is 0.406 e. The number of carbonyl (C=O) groups is 2. The fourth-order valence-electron chi connectivity index (χ4n) is 5.39. The molecule has 3 amide bonds. The number of urea groups is 1. The van der Waals surface area contributed by atoms with Gasteiger partial charge in [0.1, 0.15) is 5.82 Å². The third-order valence-corrected chi connectivity index (χ3v) is 7.47. The molecule has 1 aromatic rings. The fourth-order valence-corrected chi connectivity index (χ4v) is 5.39. The standard InChI is InChI=1S/C28H45FN4O5/c1-28(2)11-10-20(19-38-28)15-24(17-30-3)32-26(34)33-13-6-8-22(18-33)25(21-7-5-9-23(29)16-21)37-14-12-31-27(35)36-4/h5,7,9,16,20,22,24-25,30H,6,8,10-15,17-19H2,1-4H3,(H,31,35)(H,32,34)/t20?,22-,24+,25+/m1/s1. The number of halogens is 1. The molecule has 0 bridgehead atoms. The lowest BCUT2D eigenvalue weighted by Crippen LogP contribution is -2.52. The molecule has 3 N–H and O–H groups in total. The van der Waals surface area contributed by atoms with Crippen molar-refractivity contribution in [1.29, 1.82) is 0 Å². The second kappa shape index (κ2) is 14.6. The van der Waals surface area contributed by atoms with Crippen LogP contribution >= 0.6 is 0 Å². The third kappa shape index (κ3) is 9.39. The number of amides is 3. The van der Waals surface area contributed by atoms with E-state index in [1.165, 1.54) is 19.2 Å². The molecule has 1 unspecified atom stereocenters. The second-order valence-electron chi connectivity index (χ2n) is 11.0. The molecular formula is C28H45FN4O5. The number of piperidine rings is 1. The fraction of sp³-hybridized carbons (Fsp3) is 0.714. The lowest BCUT2D eigenvalue weighted by atomic mass is 9.87. The molecule has 0 radical (unpaired) electrons. The number of likely N-dealkylation sites (N-methyl/N-ethyl adjacent to an activating group) is 1. The predicted molar refractivity (Wildman–Crippen MR) is 143 cm³/mol. The van der Waals surface area contributed by atoms with Crippen LogP contribution < -0.4 is 16.0 Å². The Morgan fingerprint density at radius 2 is 2.11 bits per heavy atom. The molecule has 3 rings (SSSR count). The van der Waals surface area contributed by atoms with E-state index in [1.54, 1.807) is 6.07 Å². The minimum atomic E-state index is -0.531. The first-order chi connectivity index (χ1) is 18.2. The summed E-state index contributed by atoms with van der Waals surface area (Å²) in [4.78, 5) is 26.6. The third-order valence-electron chi connectivity index (χ3n) is 7.47. The summed E-state index contributed by atoms with van der Waals surface area (Å²) in [5, 5.41) is 9.05. The summed E-state index contributed by atoms with van der Waals surface area (Å²) in [5.41, 5.74) is 0.653. The van der Waals surface area contributed by atoms with Gasteiger partial charge in [0.25, 0.3) is 0 Å². The van der Waals surface area contributed by atoms with Gasteiger partial charge in [0.05, 0.1) is 32.0 Å². The Morgan fingerprint density at radius 1 is 1.29 bits per heavy atom. The lowest BCUT2D eigenvalue weighted by Gasteiger charge is -2.39. The van der Waals surface area contributed by atoms with Crippen LogP contribution in [0.1, 0.15) is 57.6 Å². The Labute approximate surface area is 226 Å². The van der Waals surface area contributed by atoms with Gasteiger partial charge in [-0.3, -0.25) is 0 Å². The molecule has 10 heteroatoms. The number of alkyl carbamates (subject to hydrolysis) is 1. The van der Waals surface area contributed by atoms with Crippen LogP contribution in [0.3, 0.4) is 0 Å². The zero-order chi connectivity index (χ0) is 27.5. The van der Waals surface area contributed by atoms with Crippen molar-refractivity contribution in [3.8, 4) is 0 Å². The number of hydrogen-bond acceptors (Lipinski definition) is 6. The van der Waals surface area contributed by atoms with Gasteiger partial charge in [0.15, 0.2) is 0 Å². The van der Waals surface area contributed by atoms with Gasteiger partial charge in [-0.1, -0.05) is 12.1 Å². The second-order valence-corrected chi connectivity index (χ2v) is 11.0. The van der Waals surface area contributed by atoms with E-state index in [9.17, 15) is 14.0 Å². The number of hydrogen-bond donors (Lipinski definition) is 3. The van der Waals surface area contributed by atoms with E-state index in [4.69, 9.17) is 9.47 Å².